The molecule has 0 amide bonds. The molecule has 6 aliphatic rings. The molecule has 0 nitrogen and oxygen atoms in total. The van der Waals surface area contributed by atoms with Crippen LogP contribution in [0.25, 0.3) is 0 Å². The average molecular weight is 629 g/mol. The minimum absolute atomic E-state index is 0. The lowest BCUT2D eigenvalue weighted by molar-refractivity contribution is 0.710. The van der Waals surface area contributed by atoms with Crippen LogP contribution in [0.2, 0.25) is 0 Å². The van der Waals surface area contributed by atoms with E-state index in [0.29, 0.717) is 0 Å². The van der Waals surface area contributed by atoms with E-state index in [2.05, 4.69) is 153 Å². The molecule has 236 valence electrons. The molecule has 4 bridgehead atoms. The highest BCUT2D eigenvalue weighted by Crippen LogP contribution is 2.63. The predicted octanol–water partition coefficient (Wildman–Crippen LogP) is 11.3. The maximum Gasteiger partial charge on any atom is 0.0362 e. The van der Waals surface area contributed by atoms with Crippen molar-refractivity contribution < 1.29 is 0 Å². The Morgan fingerprint density at radius 1 is 0.388 bits per heavy atom. The Bertz CT molecular complexity index is 2260. The zero-order valence-electron chi connectivity index (χ0n) is 26.8. The first-order valence-electron chi connectivity index (χ1n) is 16.8. The molecule has 6 aromatic rings. The quantitative estimate of drug-likeness (QED) is 0.147. The summed E-state index contributed by atoms with van der Waals surface area (Å²) in [4.78, 5) is 0. The van der Waals surface area contributed by atoms with Gasteiger partial charge in [-0.15, -0.1) is 5.92 Å². The number of hydrogen-bond acceptors (Lipinski definition) is 0. The van der Waals surface area contributed by atoms with E-state index in [9.17, 15) is 0 Å². The molecule has 0 saturated heterocycles. The van der Waals surface area contributed by atoms with Crippen molar-refractivity contribution in [2.45, 2.75) is 59.3 Å². The molecule has 0 heteroatoms. The van der Waals surface area contributed by atoms with E-state index in [0.717, 1.165) is 5.56 Å². The summed E-state index contributed by atoms with van der Waals surface area (Å²) in [6.45, 7) is 6.35. The summed E-state index contributed by atoms with van der Waals surface area (Å²) in [5.41, 5.74) is 22.9. The van der Waals surface area contributed by atoms with Gasteiger partial charge in [-0.25, -0.2) is 0 Å². The summed E-state index contributed by atoms with van der Waals surface area (Å²) < 4.78 is 0. The molecule has 0 fully saturated rings. The second kappa shape index (κ2) is 11.3. The SMILES string of the molecule is C.C.CC#Cc1c2c(c(C#Cc3ccc(C)c(C)c3)c3c1C1c4ccccc4C3c3ccccc31)C1c3ccccc3C2c2ccccc21. The summed E-state index contributed by atoms with van der Waals surface area (Å²) in [5, 5.41) is 0. The molecular formula is C49H40. The van der Waals surface area contributed by atoms with Crippen LogP contribution >= 0.6 is 0 Å². The second-order valence-corrected chi connectivity index (χ2v) is 13.6. The lowest BCUT2D eigenvalue weighted by atomic mass is 9.53. The van der Waals surface area contributed by atoms with Crippen LogP contribution in [0, 0.1) is 37.5 Å². The molecule has 0 unspecified atom stereocenters. The van der Waals surface area contributed by atoms with Crippen molar-refractivity contribution in [2.24, 2.45) is 0 Å². The highest BCUT2D eigenvalue weighted by atomic mass is 14.5. The van der Waals surface area contributed by atoms with Gasteiger partial charge >= 0.3 is 0 Å². The summed E-state index contributed by atoms with van der Waals surface area (Å²) in [6.07, 6.45) is 0. The zero-order valence-corrected chi connectivity index (χ0v) is 26.8. The van der Waals surface area contributed by atoms with Gasteiger partial charge in [-0.3, -0.25) is 0 Å². The van der Waals surface area contributed by atoms with Gasteiger partial charge in [0.25, 0.3) is 0 Å². The van der Waals surface area contributed by atoms with Crippen LogP contribution in [0.1, 0.15) is 140 Å². The third-order valence-corrected chi connectivity index (χ3v) is 11.4. The highest BCUT2D eigenvalue weighted by molar-refractivity contribution is 5.82. The monoisotopic (exact) mass is 628 g/mol. The van der Waals surface area contributed by atoms with Gasteiger partial charge in [-0.1, -0.05) is 136 Å². The smallest absolute Gasteiger partial charge is 0.0362 e. The molecule has 0 spiro atoms. The lowest BCUT2D eigenvalue weighted by Gasteiger charge is -2.48. The summed E-state index contributed by atoms with van der Waals surface area (Å²) in [5.74, 6) is 15.3. The summed E-state index contributed by atoms with van der Waals surface area (Å²) >= 11 is 0. The maximum atomic E-state index is 3.93. The van der Waals surface area contributed by atoms with Gasteiger partial charge in [0, 0.05) is 40.4 Å². The molecule has 0 radical (unpaired) electrons. The van der Waals surface area contributed by atoms with Gasteiger partial charge in [0.15, 0.2) is 0 Å². The standard InChI is InChI=1S/C47H32.2CH4/c1-4-13-38-44-40-30-14-5-9-18-34(30)42(35-19-10-6-15-31(35)40)46(44)39(25-24-29-23-22-27(2)28(3)26-29)47-43-36-20-11-7-16-32(36)41(45(38)47)33-17-8-12-21-37(33)43;;/h5-12,14-23,26,40-43H,1-3H3;2*1H4. The molecule has 6 aliphatic carbocycles. The van der Waals surface area contributed by atoms with E-state index < -0.39 is 0 Å². The van der Waals surface area contributed by atoms with E-state index in [1.54, 1.807) is 0 Å². The molecule has 0 aromatic heterocycles. The van der Waals surface area contributed by atoms with Gasteiger partial charge in [0.1, 0.15) is 0 Å². The second-order valence-electron chi connectivity index (χ2n) is 13.6. The molecule has 0 heterocycles. The normalized spacial score (nSPS) is 18.7. The fourth-order valence-electron chi connectivity index (χ4n) is 9.44. The number of hydrogen-bond donors (Lipinski definition) is 0. The Morgan fingerprint density at radius 3 is 1.02 bits per heavy atom. The summed E-state index contributed by atoms with van der Waals surface area (Å²) in [7, 11) is 0. The van der Waals surface area contributed by atoms with Crippen LogP contribution in [0.15, 0.2) is 115 Å². The Kier molecular flexibility index (Phi) is 7.07. The van der Waals surface area contributed by atoms with E-state index in [-0.39, 0.29) is 38.5 Å². The van der Waals surface area contributed by atoms with E-state index in [1.165, 1.54) is 89.0 Å². The Labute approximate surface area is 291 Å². The zero-order chi connectivity index (χ0) is 31.4. The topological polar surface area (TPSA) is 0 Å². The minimum Gasteiger partial charge on any atom is -0.101 e. The van der Waals surface area contributed by atoms with Crippen LogP contribution in [0.5, 0.6) is 0 Å². The first kappa shape index (κ1) is 30.8. The molecule has 0 saturated carbocycles. The predicted molar refractivity (Wildman–Crippen MR) is 204 cm³/mol. The van der Waals surface area contributed by atoms with Crippen LogP contribution in [0.4, 0.5) is 0 Å². The van der Waals surface area contributed by atoms with Crippen molar-refractivity contribution in [1.29, 1.82) is 0 Å². The molecular weight excluding hydrogens is 589 g/mol. The average Bonchev–Trinajstić information content (AvgIpc) is 3.12. The molecule has 0 N–H and O–H groups in total. The molecule has 0 atom stereocenters. The molecule has 49 heavy (non-hydrogen) atoms. The van der Waals surface area contributed by atoms with Crippen molar-refractivity contribution >= 4 is 0 Å². The first-order chi connectivity index (χ1) is 23.2. The number of benzene rings is 6. The van der Waals surface area contributed by atoms with Gasteiger partial charge in [-0.2, -0.15) is 0 Å². The number of aryl methyl sites for hydroxylation is 2. The number of rotatable bonds is 0. The fraction of sp³-hybridized carbons (Fsp3) is 0.184. The summed E-state index contributed by atoms with van der Waals surface area (Å²) in [6, 6.07) is 43.1. The Morgan fingerprint density at radius 2 is 0.714 bits per heavy atom. The van der Waals surface area contributed by atoms with Gasteiger partial charge < -0.3 is 0 Å². The molecule has 0 aliphatic heterocycles. The van der Waals surface area contributed by atoms with Gasteiger partial charge in [0.2, 0.25) is 0 Å². The highest BCUT2D eigenvalue weighted by Gasteiger charge is 2.50. The van der Waals surface area contributed by atoms with Crippen molar-refractivity contribution in [3.05, 3.63) is 210 Å². The first-order valence-corrected chi connectivity index (χ1v) is 16.8. The molecule has 12 rings (SSSR count). The Hall–Kier alpha value is -5.56. The van der Waals surface area contributed by atoms with Crippen LogP contribution < -0.4 is 0 Å². The maximum absolute atomic E-state index is 3.93. The Balaban J connectivity index is 0.00000174. The van der Waals surface area contributed by atoms with Crippen molar-refractivity contribution in [2.75, 3.05) is 0 Å². The third-order valence-electron chi connectivity index (χ3n) is 11.4. The largest absolute Gasteiger partial charge is 0.101 e. The third kappa shape index (κ3) is 4.02. The van der Waals surface area contributed by atoms with Crippen LogP contribution in [-0.2, 0) is 0 Å². The van der Waals surface area contributed by atoms with Crippen LogP contribution in [-0.4, -0.2) is 0 Å². The van der Waals surface area contributed by atoms with Crippen LogP contribution in [0.3, 0.4) is 0 Å². The van der Waals surface area contributed by atoms with Gasteiger partial charge in [-0.05, 0) is 111 Å². The van der Waals surface area contributed by atoms with E-state index in [4.69, 9.17) is 0 Å². The lowest BCUT2D eigenvalue weighted by Crippen LogP contribution is -2.35. The van der Waals surface area contributed by atoms with Crippen molar-refractivity contribution in [3.8, 4) is 23.7 Å². The van der Waals surface area contributed by atoms with Crippen molar-refractivity contribution in [1.82, 2.24) is 0 Å². The van der Waals surface area contributed by atoms with E-state index in [1.807, 2.05) is 6.92 Å². The fourth-order valence-corrected chi connectivity index (χ4v) is 9.44. The minimum atomic E-state index is 0. The van der Waals surface area contributed by atoms with Crippen molar-refractivity contribution in [3.63, 3.8) is 0 Å². The molecule has 6 aromatic carbocycles. The van der Waals surface area contributed by atoms with Gasteiger partial charge in [0.05, 0.1) is 0 Å². The van der Waals surface area contributed by atoms with E-state index >= 15 is 0 Å².